The van der Waals surface area contributed by atoms with Crippen molar-refractivity contribution in [2.24, 2.45) is 5.92 Å². The van der Waals surface area contributed by atoms with Gasteiger partial charge in [0.2, 0.25) is 15.9 Å². The minimum absolute atomic E-state index is 0.00665. The van der Waals surface area contributed by atoms with Gasteiger partial charge in [0.25, 0.3) is 0 Å². The highest BCUT2D eigenvalue weighted by Gasteiger charge is 2.33. The molecule has 1 aliphatic rings. The minimum Gasteiger partial charge on any atom is -0.492 e. The number of piperidine rings is 1. The zero-order chi connectivity index (χ0) is 21.7. The summed E-state index contributed by atoms with van der Waals surface area (Å²) >= 11 is 12.0. The number of carbonyl (C=O) groups is 1. The van der Waals surface area contributed by atoms with E-state index in [4.69, 9.17) is 27.9 Å². The summed E-state index contributed by atoms with van der Waals surface area (Å²) in [7, 11) is -3.75. The molecule has 0 bridgehead atoms. The Kier molecular flexibility index (Phi) is 7.63. The normalized spacial score (nSPS) is 15.7. The molecule has 9 heteroatoms. The number of carbonyl (C=O) groups excluding carboxylic acids is 1. The first-order chi connectivity index (χ1) is 14.3. The van der Waals surface area contributed by atoms with Crippen LogP contribution in [0.5, 0.6) is 5.75 Å². The molecule has 162 valence electrons. The Hall–Kier alpha value is -1.80. The van der Waals surface area contributed by atoms with Gasteiger partial charge in [-0.3, -0.25) is 4.79 Å². The highest BCUT2D eigenvalue weighted by atomic mass is 35.5. The molecule has 0 unspecified atom stereocenters. The summed E-state index contributed by atoms with van der Waals surface area (Å²) in [5, 5.41) is 3.30. The number of nitrogens with one attached hydrogen (secondary N) is 1. The van der Waals surface area contributed by atoms with E-state index in [1.54, 1.807) is 6.07 Å². The maximum atomic E-state index is 12.9. The topological polar surface area (TPSA) is 75.7 Å². The summed E-state index contributed by atoms with van der Waals surface area (Å²) in [6, 6.07) is 12.1. The molecule has 0 saturated carbocycles. The zero-order valence-corrected chi connectivity index (χ0v) is 18.9. The Morgan fingerprint density at radius 2 is 1.80 bits per heavy atom. The van der Waals surface area contributed by atoms with Crippen LogP contribution >= 0.6 is 23.2 Å². The highest BCUT2D eigenvalue weighted by molar-refractivity contribution is 7.89. The van der Waals surface area contributed by atoms with E-state index in [9.17, 15) is 13.2 Å². The Bertz CT molecular complexity index is 989. The molecular formula is C21H24Cl2N2O4S. The fourth-order valence-corrected chi connectivity index (χ4v) is 5.50. The molecule has 1 aliphatic heterocycles. The Morgan fingerprint density at radius 3 is 2.47 bits per heavy atom. The second-order valence-electron chi connectivity index (χ2n) is 7.21. The number of amides is 1. The SMILES string of the molecule is Cc1ccc(OCCNC(=O)C2CCN(S(=O)(=O)c3cc(Cl)ccc3Cl)CC2)cc1. The van der Waals surface area contributed by atoms with E-state index in [1.165, 1.54) is 16.4 Å². The summed E-state index contributed by atoms with van der Waals surface area (Å²) in [6.07, 6.45) is 0.893. The minimum atomic E-state index is -3.75. The van der Waals surface area contributed by atoms with Gasteiger partial charge in [-0.1, -0.05) is 40.9 Å². The molecule has 1 saturated heterocycles. The van der Waals surface area contributed by atoms with E-state index >= 15 is 0 Å². The average Bonchev–Trinajstić information content (AvgIpc) is 2.74. The van der Waals surface area contributed by atoms with Crippen molar-refractivity contribution in [3.05, 3.63) is 58.1 Å². The third kappa shape index (κ3) is 5.66. The second kappa shape index (κ2) is 10.0. The molecule has 1 heterocycles. The molecule has 0 aliphatic carbocycles. The van der Waals surface area contributed by atoms with E-state index in [2.05, 4.69) is 5.32 Å². The van der Waals surface area contributed by atoms with Crippen molar-refractivity contribution < 1.29 is 17.9 Å². The Morgan fingerprint density at radius 1 is 1.13 bits per heavy atom. The molecule has 0 atom stereocenters. The number of halogens is 2. The third-order valence-electron chi connectivity index (χ3n) is 5.03. The molecule has 0 radical (unpaired) electrons. The standard InChI is InChI=1S/C21H24Cl2N2O4S/c1-15-2-5-18(6-3-15)29-13-10-24-21(26)16-8-11-25(12-9-16)30(27,28)20-14-17(22)4-7-19(20)23/h2-7,14,16H,8-13H2,1H3,(H,24,26). The lowest BCUT2D eigenvalue weighted by Gasteiger charge is -2.30. The van der Waals surface area contributed by atoms with Gasteiger partial charge >= 0.3 is 0 Å². The summed E-state index contributed by atoms with van der Waals surface area (Å²) < 4.78 is 32.7. The second-order valence-corrected chi connectivity index (χ2v) is 9.96. The number of benzene rings is 2. The van der Waals surface area contributed by atoms with Crippen molar-refractivity contribution in [3.8, 4) is 5.75 Å². The van der Waals surface area contributed by atoms with E-state index in [-0.39, 0.29) is 34.8 Å². The molecule has 0 aromatic heterocycles. The summed E-state index contributed by atoms with van der Waals surface area (Å²) in [4.78, 5) is 12.4. The van der Waals surface area contributed by atoms with Crippen LogP contribution in [0.4, 0.5) is 0 Å². The van der Waals surface area contributed by atoms with E-state index < -0.39 is 10.0 Å². The van der Waals surface area contributed by atoms with Crippen LogP contribution in [0.15, 0.2) is 47.4 Å². The van der Waals surface area contributed by atoms with Crippen LogP contribution in [0.25, 0.3) is 0 Å². The van der Waals surface area contributed by atoms with Crippen molar-refractivity contribution in [3.63, 3.8) is 0 Å². The van der Waals surface area contributed by atoms with Crippen LogP contribution < -0.4 is 10.1 Å². The predicted molar refractivity (Wildman–Crippen MR) is 118 cm³/mol. The molecule has 1 amide bonds. The summed E-state index contributed by atoms with van der Waals surface area (Å²) in [5.74, 6) is 0.444. The molecule has 2 aromatic rings. The van der Waals surface area contributed by atoms with E-state index in [0.29, 0.717) is 31.0 Å². The van der Waals surface area contributed by atoms with Crippen LogP contribution in [0, 0.1) is 12.8 Å². The van der Waals surface area contributed by atoms with Gasteiger partial charge in [-0.25, -0.2) is 8.42 Å². The fraction of sp³-hybridized carbons (Fsp3) is 0.381. The van der Waals surface area contributed by atoms with Gasteiger partial charge in [-0.15, -0.1) is 0 Å². The molecular weight excluding hydrogens is 447 g/mol. The molecule has 0 spiro atoms. The third-order valence-corrected chi connectivity index (χ3v) is 7.64. The van der Waals surface area contributed by atoms with Crippen molar-refractivity contribution in [2.75, 3.05) is 26.2 Å². The van der Waals surface area contributed by atoms with Gasteiger partial charge in [0.05, 0.1) is 11.6 Å². The van der Waals surface area contributed by atoms with Gasteiger partial charge in [-0.2, -0.15) is 4.31 Å². The van der Waals surface area contributed by atoms with Crippen LogP contribution in [-0.2, 0) is 14.8 Å². The number of nitrogens with zero attached hydrogens (tertiary/aromatic N) is 1. The number of aryl methyl sites for hydroxylation is 1. The van der Waals surface area contributed by atoms with Crippen LogP contribution in [0.1, 0.15) is 18.4 Å². The fourth-order valence-electron chi connectivity index (χ4n) is 3.29. The van der Waals surface area contributed by atoms with Crippen LogP contribution in [-0.4, -0.2) is 44.9 Å². The average molecular weight is 471 g/mol. The molecule has 3 rings (SSSR count). The predicted octanol–water partition coefficient (Wildman–Crippen LogP) is 3.90. The van der Waals surface area contributed by atoms with Gasteiger partial charge in [0.1, 0.15) is 17.3 Å². The quantitative estimate of drug-likeness (QED) is 0.622. The molecule has 6 nitrogen and oxygen atoms in total. The monoisotopic (exact) mass is 470 g/mol. The lowest BCUT2D eigenvalue weighted by atomic mass is 9.97. The van der Waals surface area contributed by atoms with Crippen molar-refractivity contribution in [1.29, 1.82) is 0 Å². The number of hydrogen-bond donors (Lipinski definition) is 1. The van der Waals surface area contributed by atoms with Crippen molar-refractivity contribution >= 4 is 39.1 Å². The van der Waals surface area contributed by atoms with Gasteiger partial charge < -0.3 is 10.1 Å². The summed E-state index contributed by atoms with van der Waals surface area (Å²) in [6.45, 7) is 3.27. The van der Waals surface area contributed by atoms with Crippen molar-refractivity contribution in [2.45, 2.75) is 24.7 Å². The number of sulfonamides is 1. The molecule has 1 N–H and O–H groups in total. The molecule has 1 fully saturated rings. The maximum absolute atomic E-state index is 12.9. The largest absolute Gasteiger partial charge is 0.492 e. The van der Waals surface area contributed by atoms with Gasteiger partial charge in [0.15, 0.2) is 0 Å². The number of ether oxygens (including phenoxy) is 1. The maximum Gasteiger partial charge on any atom is 0.244 e. The highest BCUT2D eigenvalue weighted by Crippen LogP contribution is 2.30. The number of rotatable bonds is 7. The lowest BCUT2D eigenvalue weighted by Crippen LogP contribution is -2.43. The Labute approximate surface area is 187 Å². The zero-order valence-electron chi connectivity index (χ0n) is 16.6. The van der Waals surface area contributed by atoms with Gasteiger partial charge in [0, 0.05) is 24.0 Å². The first-order valence-corrected chi connectivity index (χ1v) is 11.9. The lowest BCUT2D eigenvalue weighted by molar-refractivity contribution is -0.126. The van der Waals surface area contributed by atoms with Gasteiger partial charge in [-0.05, 0) is 50.1 Å². The Balaban J connectivity index is 1.47. The van der Waals surface area contributed by atoms with Crippen molar-refractivity contribution in [1.82, 2.24) is 9.62 Å². The molecule has 2 aromatic carbocycles. The first-order valence-electron chi connectivity index (χ1n) is 9.70. The molecule has 30 heavy (non-hydrogen) atoms. The van der Waals surface area contributed by atoms with Crippen LogP contribution in [0.3, 0.4) is 0 Å². The first kappa shape index (κ1) is 22.9. The van der Waals surface area contributed by atoms with E-state index in [1.807, 2.05) is 31.2 Å². The number of hydrogen-bond acceptors (Lipinski definition) is 4. The van der Waals surface area contributed by atoms with Crippen LogP contribution in [0.2, 0.25) is 10.0 Å². The van der Waals surface area contributed by atoms with E-state index in [0.717, 1.165) is 11.3 Å². The smallest absolute Gasteiger partial charge is 0.244 e. The summed E-state index contributed by atoms with van der Waals surface area (Å²) in [5.41, 5.74) is 1.15.